The Balaban J connectivity index is 2.18. The topological polar surface area (TPSA) is 74.6 Å². The van der Waals surface area contributed by atoms with E-state index in [9.17, 15) is 9.59 Å². The second-order valence-corrected chi connectivity index (χ2v) is 3.66. The fraction of sp³-hybridized carbons (Fsp3) is 0.273. The van der Waals surface area contributed by atoms with Gasteiger partial charge >= 0.3 is 5.97 Å². The van der Waals surface area contributed by atoms with Crippen LogP contribution in [0.2, 0.25) is 0 Å². The minimum atomic E-state index is -0.815. The summed E-state index contributed by atoms with van der Waals surface area (Å²) in [7, 11) is 0. The highest BCUT2D eigenvalue weighted by Gasteiger charge is 2.02. The summed E-state index contributed by atoms with van der Waals surface area (Å²) in [5, 5.41) is 8.51. The third-order valence-corrected chi connectivity index (χ3v) is 2.42. The summed E-state index contributed by atoms with van der Waals surface area (Å²) < 4.78 is 1.74. The third kappa shape index (κ3) is 2.13. The molecular formula is C11H12N2O3. The molecule has 0 aromatic carbocycles. The van der Waals surface area contributed by atoms with Gasteiger partial charge in [0.25, 0.3) is 5.56 Å². The third-order valence-electron chi connectivity index (χ3n) is 2.42. The first-order valence-electron chi connectivity index (χ1n) is 5.07. The van der Waals surface area contributed by atoms with Crippen LogP contribution in [0.25, 0.3) is 5.52 Å². The van der Waals surface area contributed by atoms with E-state index in [0.29, 0.717) is 18.4 Å². The van der Waals surface area contributed by atoms with Crippen molar-refractivity contribution in [2.45, 2.75) is 19.3 Å². The van der Waals surface area contributed by atoms with Crippen molar-refractivity contribution < 1.29 is 9.90 Å². The summed E-state index contributed by atoms with van der Waals surface area (Å²) in [6.45, 7) is 0. The Morgan fingerprint density at radius 3 is 3.06 bits per heavy atom. The molecular weight excluding hydrogens is 208 g/mol. The van der Waals surface area contributed by atoms with Gasteiger partial charge in [-0.25, -0.2) is 0 Å². The molecule has 0 amide bonds. The molecule has 0 aliphatic heterocycles. The number of rotatable bonds is 4. The van der Waals surface area contributed by atoms with Crippen LogP contribution in [0, 0.1) is 0 Å². The van der Waals surface area contributed by atoms with Gasteiger partial charge in [-0.1, -0.05) is 0 Å². The molecule has 84 valence electrons. The molecule has 5 nitrogen and oxygen atoms in total. The Kier molecular flexibility index (Phi) is 2.76. The zero-order chi connectivity index (χ0) is 11.5. The maximum absolute atomic E-state index is 11.6. The average Bonchev–Trinajstić information content (AvgIpc) is 2.65. The molecule has 2 aromatic heterocycles. The molecule has 0 saturated heterocycles. The molecule has 2 N–H and O–H groups in total. The van der Waals surface area contributed by atoms with E-state index in [0.717, 1.165) is 5.69 Å². The van der Waals surface area contributed by atoms with Gasteiger partial charge in [0.1, 0.15) is 5.52 Å². The van der Waals surface area contributed by atoms with Gasteiger partial charge in [0, 0.05) is 24.5 Å². The minimum Gasteiger partial charge on any atom is -0.481 e. The molecule has 0 aliphatic rings. The van der Waals surface area contributed by atoms with Gasteiger partial charge in [-0.3, -0.25) is 9.59 Å². The van der Waals surface area contributed by atoms with Crippen LogP contribution in [0.15, 0.2) is 29.3 Å². The molecule has 5 heteroatoms. The molecule has 0 fully saturated rings. The number of H-pyrrole nitrogens is 1. The maximum Gasteiger partial charge on any atom is 0.303 e. The summed E-state index contributed by atoms with van der Waals surface area (Å²) in [5.74, 6) is -0.815. The Hall–Kier alpha value is -2.04. The van der Waals surface area contributed by atoms with E-state index in [4.69, 9.17) is 5.11 Å². The van der Waals surface area contributed by atoms with Crippen molar-refractivity contribution in [2.75, 3.05) is 0 Å². The van der Waals surface area contributed by atoms with E-state index in [2.05, 4.69) is 4.98 Å². The lowest BCUT2D eigenvalue weighted by Crippen LogP contribution is -2.12. The molecule has 2 rings (SSSR count). The number of fused-ring (bicyclic) bond motifs is 1. The van der Waals surface area contributed by atoms with Crippen LogP contribution in [0.5, 0.6) is 0 Å². The number of aryl methyl sites for hydroxylation is 1. The summed E-state index contributed by atoms with van der Waals surface area (Å²) in [5.41, 5.74) is 1.22. The van der Waals surface area contributed by atoms with Gasteiger partial charge in [-0.05, 0) is 25.0 Å². The van der Waals surface area contributed by atoms with Crippen LogP contribution in [-0.4, -0.2) is 20.5 Å². The minimum absolute atomic E-state index is 0.117. The van der Waals surface area contributed by atoms with Crippen LogP contribution in [-0.2, 0) is 11.2 Å². The van der Waals surface area contributed by atoms with Crippen molar-refractivity contribution >= 4 is 11.5 Å². The van der Waals surface area contributed by atoms with E-state index in [1.807, 2.05) is 6.20 Å². The van der Waals surface area contributed by atoms with E-state index in [-0.39, 0.29) is 12.0 Å². The number of aromatic nitrogens is 2. The Morgan fingerprint density at radius 2 is 2.31 bits per heavy atom. The Bertz CT molecular complexity index is 568. The van der Waals surface area contributed by atoms with E-state index >= 15 is 0 Å². The molecule has 0 bridgehead atoms. The van der Waals surface area contributed by atoms with Crippen LogP contribution in [0.3, 0.4) is 0 Å². The molecule has 16 heavy (non-hydrogen) atoms. The lowest BCUT2D eigenvalue weighted by Gasteiger charge is -2.01. The zero-order valence-electron chi connectivity index (χ0n) is 8.64. The largest absolute Gasteiger partial charge is 0.481 e. The second kappa shape index (κ2) is 4.22. The molecule has 0 spiro atoms. The number of aliphatic carboxylic acids is 1. The normalized spacial score (nSPS) is 10.8. The first-order valence-corrected chi connectivity index (χ1v) is 5.07. The number of carboxylic acids is 1. The number of carboxylic acid groups (broad SMARTS) is 1. The molecule has 2 heterocycles. The summed E-state index contributed by atoms with van der Waals surface area (Å²) in [6.07, 6.45) is 4.82. The number of hydrogen-bond donors (Lipinski definition) is 2. The van der Waals surface area contributed by atoms with Gasteiger partial charge in [-0.15, -0.1) is 0 Å². The van der Waals surface area contributed by atoms with Gasteiger partial charge in [0.2, 0.25) is 0 Å². The first kappa shape index (κ1) is 10.5. The predicted octanol–water partition coefficient (Wildman–Crippen LogP) is 1.03. The van der Waals surface area contributed by atoms with Crippen molar-refractivity contribution in [3.05, 3.63) is 40.6 Å². The smallest absolute Gasteiger partial charge is 0.303 e. The predicted molar refractivity (Wildman–Crippen MR) is 58.6 cm³/mol. The molecule has 2 aromatic rings. The first-order chi connectivity index (χ1) is 7.66. The number of aromatic amines is 1. The highest BCUT2D eigenvalue weighted by molar-refractivity contribution is 5.66. The lowest BCUT2D eigenvalue weighted by atomic mass is 10.2. The zero-order valence-corrected chi connectivity index (χ0v) is 8.64. The highest BCUT2D eigenvalue weighted by Crippen LogP contribution is 2.03. The molecule has 0 radical (unpaired) electrons. The van der Waals surface area contributed by atoms with Gasteiger partial charge in [0.05, 0.1) is 0 Å². The number of hydrogen-bond acceptors (Lipinski definition) is 2. The number of nitrogens with one attached hydrogen (secondary N) is 1. The van der Waals surface area contributed by atoms with Crippen LogP contribution in [0.4, 0.5) is 0 Å². The second-order valence-electron chi connectivity index (χ2n) is 3.66. The quantitative estimate of drug-likeness (QED) is 0.808. The van der Waals surface area contributed by atoms with E-state index in [1.165, 1.54) is 0 Å². The lowest BCUT2D eigenvalue weighted by molar-refractivity contribution is -0.137. The number of carbonyl (C=O) groups is 1. The van der Waals surface area contributed by atoms with Crippen LogP contribution >= 0.6 is 0 Å². The Labute approximate surface area is 91.3 Å². The highest BCUT2D eigenvalue weighted by atomic mass is 16.4. The monoisotopic (exact) mass is 220 g/mol. The Morgan fingerprint density at radius 1 is 1.50 bits per heavy atom. The van der Waals surface area contributed by atoms with Crippen molar-refractivity contribution in [3.63, 3.8) is 0 Å². The van der Waals surface area contributed by atoms with Gasteiger partial charge < -0.3 is 14.5 Å². The summed E-state index contributed by atoms with van der Waals surface area (Å²) >= 11 is 0. The maximum atomic E-state index is 11.6. The summed E-state index contributed by atoms with van der Waals surface area (Å²) in [4.78, 5) is 24.7. The van der Waals surface area contributed by atoms with Crippen LogP contribution in [0.1, 0.15) is 18.5 Å². The molecule has 0 unspecified atom stereocenters. The standard InChI is InChI=1S/C11H12N2O3/c14-10(15)5-1-3-8-7-13-6-2-4-9(13)11(16)12-8/h2,4,6-7H,1,3,5H2,(H,12,16)(H,14,15). The van der Waals surface area contributed by atoms with Crippen molar-refractivity contribution in [1.29, 1.82) is 0 Å². The fourth-order valence-corrected chi connectivity index (χ4v) is 1.67. The molecule has 0 aliphatic carbocycles. The van der Waals surface area contributed by atoms with Gasteiger partial charge in [-0.2, -0.15) is 0 Å². The molecule has 0 atom stereocenters. The van der Waals surface area contributed by atoms with E-state index in [1.54, 1.807) is 22.7 Å². The van der Waals surface area contributed by atoms with E-state index < -0.39 is 5.97 Å². The van der Waals surface area contributed by atoms with Crippen LogP contribution < -0.4 is 5.56 Å². The van der Waals surface area contributed by atoms with Crippen molar-refractivity contribution in [2.24, 2.45) is 0 Å². The SMILES string of the molecule is O=C(O)CCCc1cn2cccc2c(=O)[nH]1. The number of nitrogens with zero attached hydrogens (tertiary/aromatic N) is 1. The van der Waals surface area contributed by atoms with Crippen molar-refractivity contribution in [3.8, 4) is 0 Å². The van der Waals surface area contributed by atoms with Gasteiger partial charge in [0.15, 0.2) is 0 Å². The summed E-state index contributed by atoms with van der Waals surface area (Å²) in [6, 6.07) is 3.53. The molecule has 0 saturated carbocycles. The van der Waals surface area contributed by atoms with Crippen molar-refractivity contribution in [1.82, 2.24) is 9.38 Å². The average molecular weight is 220 g/mol. The fourth-order valence-electron chi connectivity index (χ4n) is 1.67.